The first-order valence-corrected chi connectivity index (χ1v) is 13.0. The number of carbonyl (C=O) groups excluding carboxylic acids is 1. The lowest BCUT2D eigenvalue weighted by Gasteiger charge is -2.23. The Morgan fingerprint density at radius 3 is 2.72 bits per heavy atom. The Balaban J connectivity index is 1.50. The molecule has 0 saturated heterocycles. The fourth-order valence-corrected chi connectivity index (χ4v) is 6.50. The number of nitrogens with zero attached hydrogens (tertiary/aromatic N) is 2. The quantitative estimate of drug-likeness (QED) is 0.422. The molecule has 5 heteroatoms. The molecule has 0 aliphatic heterocycles. The molecule has 1 N–H and O–H groups in total. The number of aromatic nitrogens is 1. The van der Waals surface area contributed by atoms with Crippen LogP contribution < -0.4 is 5.32 Å². The Bertz CT molecular complexity index is 1150. The number of para-hydroxylation sites is 1. The second-order valence-corrected chi connectivity index (χ2v) is 10.6. The first-order valence-electron chi connectivity index (χ1n) is 12.2. The van der Waals surface area contributed by atoms with E-state index in [-0.39, 0.29) is 5.91 Å². The molecule has 2 aliphatic rings. The van der Waals surface area contributed by atoms with Crippen molar-refractivity contribution in [1.29, 1.82) is 0 Å². The number of nitrogens with one attached hydrogen (secondary N) is 1. The summed E-state index contributed by atoms with van der Waals surface area (Å²) in [5, 5.41) is 5.44. The molecule has 5 rings (SSSR count). The third kappa shape index (κ3) is 4.15. The van der Waals surface area contributed by atoms with E-state index in [1.807, 2.05) is 6.21 Å². The van der Waals surface area contributed by atoms with Crippen LogP contribution in [0.3, 0.4) is 0 Å². The number of hydrogen-bond donors (Lipinski definition) is 1. The fraction of sp³-hybridized carbons (Fsp3) is 0.481. The molecule has 0 atom stereocenters. The maximum Gasteiger partial charge on any atom is 0.254 e. The molecule has 32 heavy (non-hydrogen) atoms. The maximum atomic E-state index is 13.4. The van der Waals surface area contributed by atoms with Gasteiger partial charge in [0.15, 0.2) is 0 Å². The van der Waals surface area contributed by atoms with E-state index in [4.69, 9.17) is 4.99 Å². The Morgan fingerprint density at radius 1 is 1.12 bits per heavy atom. The molecule has 0 unspecified atom stereocenters. The van der Waals surface area contributed by atoms with Crippen LogP contribution in [0.5, 0.6) is 0 Å². The van der Waals surface area contributed by atoms with Gasteiger partial charge in [0.05, 0.1) is 5.56 Å². The van der Waals surface area contributed by atoms with E-state index in [9.17, 15) is 4.79 Å². The summed E-state index contributed by atoms with van der Waals surface area (Å²) in [7, 11) is 0. The van der Waals surface area contributed by atoms with Gasteiger partial charge in [-0.05, 0) is 64.0 Å². The summed E-state index contributed by atoms with van der Waals surface area (Å²) in [4.78, 5) is 19.7. The molecule has 0 bridgehead atoms. The number of hydrogen-bond acceptors (Lipinski definition) is 3. The fourth-order valence-electron chi connectivity index (χ4n) is 5.27. The zero-order valence-corrected chi connectivity index (χ0v) is 20.0. The van der Waals surface area contributed by atoms with Gasteiger partial charge in [-0.3, -0.25) is 4.79 Å². The molecule has 2 aromatic heterocycles. The number of aryl methyl sites for hydroxylation is 1. The average molecular weight is 448 g/mol. The minimum atomic E-state index is 0.0908. The number of aliphatic imine (C=N–C) groups is 1. The predicted molar refractivity (Wildman–Crippen MR) is 135 cm³/mol. The van der Waals surface area contributed by atoms with Crippen molar-refractivity contribution in [3.8, 4) is 0 Å². The molecule has 2 aliphatic carbocycles. The van der Waals surface area contributed by atoms with Crippen molar-refractivity contribution in [1.82, 2.24) is 9.88 Å². The minimum Gasteiger partial charge on any atom is -0.349 e. The SMILES string of the molecule is CC(C)n1cc(C=Nc2sc3c(c2C(=O)NC2CCCCC2)CCCC3)c2ccccc21. The summed E-state index contributed by atoms with van der Waals surface area (Å²) in [5.41, 5.74) is 4.44. The van der Waals surface area contributed by atoms with E-state index in [1.165, 1.54) is 53.4 Å². The first-order chi connectivity index (χ1) is 15.6. The van der Waals surface area contributed by atoms with Crippen LogP contribution in [0.25, 0.3) is 10.9 Å². The molecular weight excluding hydrogens is 414 g/mol. The minimum absolute atomic E-state index is 0.0908. The largest absolute Gasteiger partial charge is 0.349 e. The van der Waals surface area contributed by atoms with Crippen molar-refractivity contribution in [2.24, 2.45) is 4.99 Å². The van der Waals surface area contributed by atoms with Crippen LogP contribution >= 0.6 is 11.3 Å². The van der Waals surface area contributed by atoms with Crippen molar-refractivity contribution in [3.05, 3.63) is 52.0 Å². The zero-order chi connectivity index (χ0) is 22.1. The van der Waals surface area contributed by atoms with E-state index in [2.05, 4.69) is 54.2 Å². The van der Waals surface area contributed by atoms with E-state index in [1.54, 1.807) is 11.3 Å². The summed E-state index contributed by atoms with van der Waals surface area (Å²) in [5.74, 6) is 0.0908. The molecule has 1 aromatic carbocycles. The molecule has 168 valence electrons. The standard InChI is InChI=1S/C27H33N3OS/c1-18(2)30-17-19(21-12-6-8-14-23(21)30)16-28-27-25(22-13-7-9-15-24(22)32-27)26(31)29-20-10-4-3-5-11-20/h6,8,12,14,16-18,20H,3-5,7,9-11,13,15H2,1-2H3,(H,29,31). The topological polar surface area (TPSA) is 46.4 Å². The van der Waals surface area contributed by atoms with Gasteiger partial charge in [-0.25, -0.2) is 4.99 Å². The van der Waals surface area contributed by atoms with Crippen molar-refractivity contribution in [3.63, 3.8) is 0 Å². The maximum absolute atomic E-state index is 13.4. The smallest absolute Gasteiger partial charge is 0.254 e. The van der Waals surface area contributed by atoms with Crippen LogP contribution in [-0.4, -0.2) is 22.7 Å². The second kappa shape index (κ2) is 9.22. The van der Waals surface area contributed by atoms with Crippen molar-refractivity contribution < 1.29 is 4.79 Å². The molecule has 1 amide bonds. The van der Waals surface area contributed by atoms with Gasteiger partial charge >= 0.3 is 0 Å². The molecule has 0 radical (unpaired) electrons. The van der Waals surface area contributed by atoms with Gasteiger partial charge in [0.2, 0.25) is 0 Å². The van der Waals surface area contributed by atoms with Gasteiger partial charge in [-0.2, -0.15) is 0 Å². The predicted octanol–water partition coefficient (Wildman–Crippen LogP) is 6.98. The zero-order valence-electron chi connectivity index (χ0n) is 19.2. The van der Waals surface area contributed by atoms with Crippen LogP contribution in [0.2, 0.25) is 0 Å². The van der Waals surface area contributed by atoms with E-state index < -0.39 is 0 Å². The van der Waals surface area contributed by atoms with Crippen molar-refractivity contribution >= 4 is 39.4 Å². The van der Waals surface area contributed by atoms with Crippen molar-refractivity contribution in [2.75, 3.05) is 0 Å². The monoisotopic (exact) mass is 447 g/mol. The number of benzene rings is 1. The van der Waals surface area contributed by atoms with Gasteiger partial charge in [-0.1, -0.05) is 37.5 Å². The summed E-state index contributed by atoms with van der Waals surface area (Å²) in [6, 6.07) is 9.19. The van der Waals surface area contributed by atoms with Crippen LogP contribution in [0.15, 0.2) is 35.5 Å². The van der Waals surface area contributed by atoms with E-state index >= 15 is 0 Å². The van der Waals surface area contributed by atoms with Crippen LogP contribution in [0.4, 0.5) is 5.00 Å². The summed E-state index contributed by atoms with van der Waals surface area (Å²) in [6.07, 6.45) is 14.5. The molecule has 3 aromatic rings. The van der Waals surface area contributed by atoms with Crippen LogP contribution in [0, 0.1) is 0 Å². The Kier molecular flexibility index (Phi) is 6.18. The van der Waals surface area contributed by atoms with E-state index in [0.29, 0.717) is 12.1 Å². The number of amides is 1. The van der Waals surface area contributed by atoms with Crippen LogP contribution in [-0.2, 0) is 12.8 Å². The van der Waals surface area contributed by atoms with Gasteiger partial charge in [0.1, 0.15) is 5.00 Å². The first kappa shape index (κ1) is 21.4. The summed E-state index contributed by atoms with van der Waals surface area (Å²) < 4.78 is 2.30. The Morgan fingerprint density at radius 2 is 1.91 bits per heavy atom. The van der Waals surface area contributed by atoms with Gasteiger partial charge in [-0.15, -0.1) is 11.3 Å². The molecule has 4 nitrogen and oxygen atoms in total. The second-order valence-electron chi connectivity index (χ2n) is 9.56. The third-order valence-corrected chi connectivity index (χ3v) is 8.17. The summed E-state index contributed by atoms with van der Waals surface area (Å²) in [6.45, 7) is 4.41. The van der Waals surface area contributed by atoms with Gasteiger partial charge in [0, 0.05) is 45.8 Å². The van der Waals surface area contributed by atoms with E-state index in [0.717, 1.165) is 41.8 Å². The van der Waals surface area contributed by atoms with Gasteiger partial charge < -0.3 is 9.88 Å². The highest BCUT2D eigenvalue weighted by molar-refractivity contribution is 7.16. The molecular formula is C27H33N3OS. The summed E-state index contributed by atoms with van der Waals surface area (Å²) >= 11 is 1.72. The highest BCUT2D eigenvalue weighted by Crippen LogP contribution is 2.40. The third-order valence-electron chi connectivity index (χ3n) is 6.97. The highest BCUT2D eigenvalue weighted by atomic mass is 32.1. The number of rotatable bonds is 5. The molecule has 0 spiro atoms. The van der Waals surface area contributed by atoms with Crippen LogP contribution in [0.1, 0.15) is 91.2 Å². The number of thiophene rings is 1. The van der Waals surface area contributed by atoms with Crippen molar-refractivity contribution in [2.45, 2.75) is 83.7 Å². The lowest BCUT2D eigenvalue weighted by atomic mass is 9.93. The average Bonchev–Trinajstić information content (AvgIpc) is 3.37. The lowest BCUT2D eigenvalue weighted by molar-refractivity contribution is 0.0927. The molecule has 1 fully saturated rings. The Hall–Kier alpha value is -2.40. The molecule has 1 saturated carbocycles. The number of fused-ring (bicyclic) bond motifs is 2. The normalized spacial score (nSPS) is 17.3. The molecule has 2 heterocycles. The highest BCUT2D eigenvalue weighted by Gasteiger charge is 2.27. The number of carbonyl (C=O) groups is 1. The van der Waals surface area contributed by atoms with Gasteiger partial charge in [0.25, 0.3) is 5.91 Å². The Labute approximate surface area is 194 Å². The lowest BCUT2D eigenvalue weighted by Crippen LogP contribution is -2.36.